The van der Waals surface area contributed by atoms with Crippen molar-refractivity contribution < 1.29 is 14.4 Å². The number of hydrogen-bond donors (Lipinski definition) is 3. The molecule has 3 amide bonds. The summed E-state index contributed by atoms with van der Waals surface area (Å²) in [6, 6.07) is 13.8. The normalized spacial score (nSPS) is 22.9. The number of anilines is 1. The molecule has 1 fully saturated rings. The molecule has 1 saturated heterocycles. The molecule has 3 N–H and O–H groups in total. The van der Waals surface area contributed by atoms with Gasteiger partial charge in [0.05, 0.1) is 0 Å². The Hall–Kier alpha value is -3.19. The third kappa shape index (κ3) is 3.35. The largest absolute Gasteiger partial charge is 0.383 e. The number of imide groups is 1. The minimum atomic E-state index is -0.581. The first-order valence-electron chi connectivity index (χ1n) is 10.4. The molecule has 0 spiro atoms. The van der Waals surface area contributed by atoms with Crippen LogP contribution in [0, 0.1) is 0 Å². The molecule has 154 valence electrons. The topological polar surface area (TPSA) is 90.5 Å². The van der Waals surface area contributed by atoms with Crippen LogP contribution >= 0.6 is 0 Å². The van der Waals surface area contributed by atoms with Crippen molar-refractivity contribution >= 4 is 23.4 Å². The lowest BCUT2D eigenvalue weighted by molar-refractivity contribution is -0.136. The van der Waals surface area contributed by atoms with Crippen LogP contribution in [-0.4, -0.2) is 41.2 Å². The van der Waals surface area contributed by atoms with Gasteiger partial charge in [-0.05, 0) is 41.7 Å². The lowest BCUT2D eigenvalue weighted by Gasteiger charge is -2.29. The van der Waals surface area contributed by atoms with Gasteiger partial charge in [-0.15, -0.1) is 0 Å². The van der Waals surface area contributed by atoms with Gasteiger partial charge in [0.25, 0.3) is 5.91 Å². The Morgan fingerprint density at radius 3 is 2.80 bits per heavy atom. The summed E-state index contributed by atoms with van der Waals surface area (Å²) in [5.74, 6) is -0.776. The Morgan fingerprint density at radius 1 is 1.07 bits per heavy atom. The molecule has 0 aromatic heterocycles. The number of hydrogen-bond acceptors (Lipinski definition) is 5. The van der Waals surface area contributed by atoms with Crippen LogP contribution in [0.1, 0.15) is 39.9 Å². The summed E-state index contributed by atoms with van der Waals surface area (Å²) < 4.78 is 0. The highest BCUT2D eigenvalue weighted by molar-refractivity contribution is 6.05. The first-order valence-corrected chi connectivity index (χ1v) is 10.4. The second kappa shape index (κ2) is 7.57. The number of carbonyl (C=O) groups is 3. The predicted octanol–water partition coefficient (Wildman–Crippen LogP) is 1.57. The molecule has 0 aliphatic carbocycles. The van der Waals surface area contributed by atoms with E-state index in [0.29, 0.717) is 31.1 Å². The molecule has 2 atom stereocenters. The molecule has 2 aromatic rings. The van der Waals surface area contributed by atoms with Crippen LogP contribution in [0.3, 0.4) is 0 Å². The smallest absolute Gasteiger partial charge is 0.255 e. The van der Waals surface area contributed by atoms with E-state index in [1.165, 1.54) is 11.3 Å². The van der Waals surface area contributed by atoms with Gasteiger partial charge in [0, 0.05) is 43.3 Å². The fraction of sp³-hybridized carbons (Fsp3) is 0.348. The molecule has 7 nitrogen and oxygen atoms in total. The number of para-hydroxylation sites is 1. The van der Waals surface area contributed by atoms with Crippen molar-refractivity contribution in [1.82, 2.24) is 15.5 Å². The van der Waals surface area contributed by atoms with Gasteiger partial charge in [0.15, 0.2) is 0 Å². The highest BCUT2D eigenvalue weighted by Gasteiger charge is 2.39. The fourth-order valence-corrected chi connectivity index (χ4v) is 4.66. The second-order valence-corrected chi connectivity index (χ2v) is 8.16. The van der Waals surface area contributed by atoms with Crippen molar-refractivity contribution in [3.63, 3.8) is 0 Å². The molecule has 2 unspecified atom stereocenters. The molecular formula is C23H24N4O3. The first-order chi connectivity index (χ1) is 14.6. The maximum atomic E-state index is 12.9. The standard InChI is InChI=1S/C23H24N4O3/c28-21-9-8-20(22(29)26-21)27-13-18-15(5-3-6-17(18)23(27)30)11-24-16-10-14-4-1-2-7-19(14)25-12-16/h1-7,16,20,24-25H,8-13H2,(H,26,28,29). The van der Waals surface area contributed by atoms with Gasteiger partial charge in [-0.25, -0.2) is 0 Å². The molecule has 3 aliphatic heterocycles. The monoisotopic (exact) mass is 404 g/mol. The van der Waals surface area contributed by atoms with Crippen molar-refractivity contribution in [3.05, 3.63) is 64.7 Å². The van der Waals surface area contributed by atoms with Gasteiger partial charge in [-0.1, -0.05) is 30.3 Å². The quantitative estimate of drug-likeness (QED) is 0.673. The molecular weight excluding hydrogens is 380 g/mol. The van der Waals surface area contributed by atoms with E-state index in [2.05, 4.69) is 34.1 Å². The Labute approximate surface area is 174 Å². The molecule has 3 aliphatic rings. The molecule has 0 radical (unpaired) electrons. The maximum absolute atomic E-state index is 12.9. The Bertz CT molecular complexity index is 1030. The van der Waals surface area contributed by atoms with E-state index in [4.69, 9.17) is 0 Å². The summed E-state index contributed by atoms with van der Waals surface area (Å²) >= 11 is 0. The van der Waals surface area contributed by atoms with Crippen LogP contribution in [0.15, 0.2) is 42.5 Å². The van der Waals surface area contributed by atoms with Crippen LogP contribution in [0.4, 0.5) is 5.69 Å². The maximum Gasteiger partial charge on any atom is 0.255 e. The summed E-state index contributed by atoms with van der Waals surface area (Å²) in [5.41, 5.74) is 5.21. The molecule has 5 rings (SSSR count). The first kappa shape index (κ1) is 18.8. The Morgan fingerprint density at radius 2 is 1.93 bits per heavy atom. The summed E-state index contributed by atoms with van der Waals surface area (Å²) in [6.07, 6.45) is 1.60. The third-order valence-electron chi connectivity index (χ3n) is 6.28. The van der Waals surface area contributed by atoms with Crippen LogP contribution in [0.25, 0.3) is 0 Å². The number of fused-ring (bicyclic) bond motifs is 2. The third-order valence-corrected chi connectivity index (χ3v) is 6.28. The van der Waals surface area contributed by atoms with Gasteiger partial charge < -0.3 is 15.5 Å². The minimum absolute atomic E-state index is 0.130. The van der Waals surface area contributed by atoms with E-state index in [1.807, 2.05) is 24.3 Å². The van der Waals surface area contributed by atoms with E-state index < -0.39 is 6.04 Å². The van der Waals surface area contributed by atoms with E-state index >= 15 is 0 Å². The lowest BCUT2D eigenvalue weighted by atomic mass is 9.98. The Kier molecular flexibility index (Phi) is 4.75. The molecule has 0 bridgehead atoms. The van der Waals surface area contributed by atoms with Crippen molar-refractivity contribution in [3.8, 4) is 0 Å². The van der Waals surface area contributed by atoms with Crippen LogP contribution in [0.5, 0.6) is 0 Å². The number of benzene rings is 2. The average Bonchev–Trinajstić information content (AvgIpc) is 3.09. The average molecular weight is 404 g/mol. The zero-order valence-corrected chi connectivity index (χ0v) is 16.6. The number of rotatable bonds is 4. The van der Waals surface area contributed by atoms with Gasteiger partial charge in [-0.3, -0.25) is 19.7 Å². The van der Waals surface area contributed by atoms with Crippen molar-refractivity contribution in [2.75, 3.05) is 11.9 Å². The summed E-state index contributed by atoms with van der Waals surface area (Å²) in [6.45, 7) is 1.92. The molecule has 0 saturated carbocycles. The van der Waals surface area contributed by atoms with Crippen LogP contribution in [0.2, 0.25) is 0 Å². The fourth-order valence-electron chi connectivity index (χ4n) is 4.66. The second-order valence-electron chi connectivity index (χ2n) is 8.16. The van der Waals surface area contributed by atoms with Gasteiger partial charge in [0.1, 0.15) is 6.04 Å². The predicted molar refractivity (Wildman–Crippen MR) is 112 cm³/mol. The number of piperidine rings is 1. The van der Waals surface area contributed by atoms with Crippen molar-refractivity contribution in [2.24, 2.45) is 0 Å². The van der Waals surface area contributed by atoms with Gasteiger partial charge >= 0.3 is 0 Å². The number of carbonyl (C=O) groups excluding carboxylic acids is 3. The molecule has 30 heavy (non-hydrogen) atoms. The van der Waals surface area contributed by atoms with Crippen molar-refractivity contribution in [2.45, 2.75) is 44.4 Å². The van der Waals surface area contributed by atoms with Crippen molar-refractivity contribution in [1.29, 1.82) is 0 Å². The lowest BCUT2D eigenvalue weighted by Crippen LogP contribution is -2.52. The van der Waals surface area contributed by atoms with E-state index in [1.54, 1.807) is 4.90 Å². The molecule has 7 heteroatoms. The zero-order valence-electron chi connectivity index (χ0n) is 16.6. The van der Waals surface area contributed by atoms with E-state index in [-0.39, 0.29) is 24.1 Å². The number of amides is 3. The summed E-state index contributed by atoms with van der Waals surface area (Å²) in [7, 11) is 0. The summed E-state index contributed by atoms with van der Waals surface area (Å²) in [4.78, 5) is 38.3. The van der Waals surface area contributed by atoms with Gasteiger partial charge in [-0.2, -0.15) is 0 Å². The highest BCUT2D eigenvalue weighted by atomic mass is 16.2. The van der Waals surface area contributed by atoms with Crippen LogP contribution < -0.4 is 16.0 Å². The number of nitrogens with zero attached hydrogens (tertiary/aromatic N) is 1. The van der Waals surface area contributed by atoms with Gasteiger partial charge in [0.2, 0.25) is 11.8 Å². The van der Waals surface area contributed by atoms with E-state index in [9.17, 15) is 14.4 Å². The van der Waals surface area contributed by atoms with Crippen LogP contribution in [-0.2, 0) is 29.1 Å². The Balaban J connectivity index is 1.29. The number of nitrogens with one attached hydrogen (secondary N) is 3. The SMILES string of the molecule is O=C1CCC(N2Cc3c(CNC4CNc5ccccc5C4)cccc3C2=O)C(=O)N1. The highest BCUT2D eigenvalue weighted by Crippen LogP contribution is 2.30. The van der Waals surface area contributed by atoms with E-state index in [0.717, 1.165) is 24.1 Å². The summed E-state index contributed by atoms with van der Waals surface area (Å²) in [5, 5.41) is 9.44. The molecule has 3 heterocycles. The minimum Gasteiger partial charge on any atom is -0.383 e. The molecule has 2 aromatic carbocycles. The zero-order chi connectivity index (χ0) is 20.7.